The van der Waals surface area contributed by atoms with Gasteiger partial charge in [-0.3, -0.25) is 4.79 Å². The van der Waals surface area contributed by atoms with Crippen molar-refractivity contribution >= 4 is 34.4 Å². The summed E-state index contributed by atoms with van der Waals surface area (Å²) in [5, 5.41) is 3.14. The maximum absolute atomic E-state index is 12.7. The predicted molar refractivity (Wildman–Crippen MR) is 126 cm³/mol. The number of H-pyrrole nitrogens is 1. The van der Waals surface area contributed by atoms with Crippen LogP contribution in [-0.4, -0.2) is 52.8 Å². The minimum Gasteiger partial charge on any atom is -0.491 e. The number of hydrogen-bond acceptors (Lipinski definition) is 7. The van der Waals surface area contributed by atoms with Crippen LogP contribution in [0, 0.1) is 0 Å². The number of carbonyl (C=O) groups is 1. The average molecular weight is 448 g/mol. The van der Waals surface area contributed by atoms with Gasteiger partial charge in [0, 0.05) is 32.5 Å². The second kappa shape index (κ2) is 9.53. The van der Waals surface area contributed by atoms with Crippen LogP contribution in [0.2, 0.25) is 0 Å². The van der Waals surface area contributed by atoms with E-state index < -0.39 is 0 Å². The Morgan fingerprint density at radius 3 is 2.70 bits per heavy atom. The molecule has 2 heterocycles. The molecule has 170 valence electrons. The summed E-state index contributed by atoms with van der Waals surface area (Å²) in [5.41, 5.74) is 2.58. The molecule has 2 aromatic heterocycles. The van der Waals surface area contributed by atoms with E-state index >= 15 is 0 Å². The van der Waals surface area contributed by atoms with Crippen LogP contribution >= 0.6 is 0 Å². The largest absolute Gasteiger partial charge is 0.491 e. The van der Waals surface area contributed by atoms with Gasteiger partial charge in [0.25, 0.3) is 0 Å². The van der Waals surface area contributed by atoms with Crippen molar-refractivity contribution in [3.05, 3.63) is 65.2 Å². The van der Waals surface area contributed by atoms with Crippen LogP contribution in [-0.2, 0) is 9.53 Å². The molecule has 0 aliphatic rings. The Hall–Kier alpha value is -4.18. The first-order chi connectivity index (χ1) is 16.0. The Morgan fingerprint density at radius 1 is 1.18 bits per heavy atom. The summed E-state index contributed by atoms with van der Waals surface area (Å²) in [6, 6.07) is 14.5. The van der Waals surface area contributed by atoms with Crippen molar-refractivity contribution in [1.82, 2.24) is 19.5 Å². The number of hydrogen-bond donors (Lipinski definition) is 2. The molecule has 4 aromatic rings. The highest BCUT2D eigenvalue weighted by molar-refractivity contribution is 5.91. The van der Waals surface area contributed by atoms with Gasteiger partial charge in [-0.25, -0.2) is 14.3 Å². The molecule has 0 saturated carbocycles. The van der Waals surface area contributed by atoms with Gasteiger partial charge in [0.15, 0.2) is 5.65 Å². The fraction of sp³-hybridized carbons (Fsp3) is 0.217. The summed E-state index contributed by atoms with van der Waals surface area (Å²) < 4.78 is 12.0. The minimum atomic E-state index is -0.350. The fourth-order valence-electron chi connectivity index (χ4n) is 3.23. The molecular formula is C23H24N6O4. The maximum atomic E-state index is 12.7. The summed E-state index contributed by atoms with van der Waals surface area (Å²) in [6.07, 6.45) is 1.55. The SMILES string of the molecule is COCCOc1ccc(Nc2ncc3[nH]c(=O)n(-c4cccc(N(C)C(C)=O)c4)c3n2)cc1. The van der Waals surface area contributed by atoms with Crippen LogP contribution in [0.25, 0.3) is 16.9 Å². The summed E-state index contributed by atoms with van der Waals surface area (Å²) >= 11 is 0. The average Bonchev–Trinajstić information content (AvgIpc) is 3.15. The van der Waals surface area contributed by atoms with E-state index in [4.69, 9.17) is 9.47 Å². The Morgan fingerprint density at radius 2 is 1.97 bits per heavy atom. The molecule has 0 atom stereocenters. The molecule has 4 rings (SSSR count). The third kappa shape index (κ3) is 4.85. The summed E-state index contributed by atoms with van der Waals surface area (Å²) in [7, 11) is 3.30. The first-order valence-corrected chi connectivity index (χ1v) is 10.3. The van der Waals surface area contributed by atoms with Crippen molar-refractivity contribution in [3.8, 4) is 11.4 Å². The molecular weight excluding hydrogens is 424 g/mol. The number of ether oxygens (including phenoxy) is 2. The second-order valence-corrected chi connectivity index (χ2v) is 7.28. The molecule has 0 spiro atoms. The van der Waals surface area contributed by atoms with Crippen LogP contribution < -0.4 is 20.6 Å². The molecule has 1 amide bonds. The molecule has 0 aliphatic heterocycles. The van der Waals surface area contributed by atoms with E-state index in [1.807, 2.05) is 24.3 Å². The fourth-order valence-corrected chi connectivity index (χ4v) is 3.23. The van der Waals surface area contributed by atoms with Crippen molar-refractivity contribution in [3.63, 3.8) is 0 Å². The van der Waals surface area contributed by atoms with E-state index in [-0.39, 0.29) is 11.6 Å². The number of benzene rings is 2. The lowest BCUT2D eigenvalue weighted by Gasteiger charge is -2.16. The minimum absolute atomic E-state index is 0.109. The third-order valence-corrected chi connectivity index (χ3v) is 5.04. The van der Waals surface area contributed by atoms with E-state index in [2.05, 4.69) is 20.3 Å². The Bertz CT molecular complexity index is 1330. The molecule has 0 radical (unpaired) electrons. The van der Waals surface area contributed by atoms with Crippen LogP contribution in [0.15, 0.2) is 59.5 Å². The number of nitrogens with zero attached hydrogens (tertiary/aromatic N) is 4. The molecule has 2 N–H and O–H groups in total. The topological polar surface area (TPSA) is 114 Å². The summed E-state index contributed by atoms with van der Waals surface area (Å²) in [5.74, 6) is 0.950. The molecule has 0 saturated heterocycles. The number of carbonyl (C=O) groups excluding carboxylic acids is 1. The highest BCUT2D eigenvalue weighted by Gasteiger charge is 2.14. The molecule has 0 fully saturated rings. The number of methoxy groups -OCH3 is 1. The van der Waals surface area contributed by atoms with Gasteiger partial charge in [-0.15, -0.1) is 0 Å². The van der Waals surface area contributed by atoms with Crippen molar-refractivity contribution < 1.29 is 14.3 Å². The molecule has 10 nitrogen and oxygen atoms in total. The van der Waals surface area contributed by atoms with Gasteiger partial charge in [-0.05, 0) is 42.5 Å². The van der Waals surface area contributed by atoms with Crippen LogP contribution in [0.1, 0.15) is 6.92 Å². The highest BCUT2D eigenvalue weighted by atomic mass is 16.5. The molecule has 0 unspecified atom stereocenters. The maximum Gasteiger partial charge on any atom is 0.332 e. The Balaban J connectivity index is 1.62. The number of anilines is 3. The summed E-state index contributed by atoms with van der Waals surface area (Å²) in [6.45, 7) is 2.46. The zero-order valence-corrected chi connectivity index (χ0v) is 18.5. The van der Waals surface area contributed by atoms with E-state index in [9.17, 15) is 9.59 Å². The first-order valence-electron chi connectivity index (χ1n) is 10.3. The van der Waals surface area contributed by atoms with E-state index in [0.717, 1.165) is 11.4 Å². The van der Waals surface area contributed by atoms with Gasteiger partial charge in [-0.1, -0.05) is 6.07 Å². The standard InChI is InChI=1S/C23H24N6O4/c1-15(30)28(2)17-5-4-6-18(13-17)29-21-20(26-23(29)31)14-24-22(27-21)25-16-7-9-19(10-8-16)33-12-11-32-3/h4-10,13-14H,11-12H2,1-3H3,(H,26,31)(H,24,25,27). The van der Waals surface area contributed by atoms with E-state index in [1.54, 1.807) is 44.6 Å². The zero-order valence-electron chi connectivity index (χ0n) is 18.5. The van der Waals surface area contributed by atoms with Gasteiger partial charge >= 0.3 is 5.69 Å². The van der Waals surface area contributed by atoms with Gasteiger partial charge < -0.3 is 24.7 Å². The normalized spacial score (nSPS) is 10.9. The number of nitrogens with one attached hydrogen (secondary N) is 2. The number of imidazole rings is 1. The van der Waals surface area contributed by atoms with E-state index in [0.29, 0.717) is 41.7 Å². The number of fused-ring (bicyclic) bond motifs is 1. The molecule has 33 heavy (non-hydrogen) atoms. The second-order valence-electron chi connectivity index (χ2n) is 7.28. The Labute approximate surface area is 189 Å². The first kappa shape index (κ1) is 22.0. The summed E-state index contributed by atoms with van der Waals surface area (Å²) in [4.78, 5) is 37.5. The zero-order chi connectivity index (χ0) is 23.4. The molecule has 0 aliphatic carbocycles. The van der Waals surface area contributed by atoms with Crippen molar-refractivity contribution in [1.29, 1.82) is 0 Å². The Kier molecular flexibility index (Phi) is 6.36. The van der Waals surface area contributed by atoms with Gasteiger partial charge in [-0.2, -0.15) is 4.98 Å². The van der Waals surface area contributed by atoms with Gasteiger partial charge in [0.05, 0.1) is 18.5 Å². The van der Waals surface area contributed by atoms with E-state index in [1.165, 1.54) is 16.4 Å². The van der Waals surface area contributed by atoms with Crippen LogP contribution in [0.5, 0.6) is 5.75 Å². The van der Waals surface area contributed by atoms with Crippen LogP contribution in [0.3, 0.4) is 0 Å². The van der Waals surface area contributed by atoms with Crippen molar-refractivity contribution in [2.45, 2.75) is 6.92 Å². The lowest BCUT2D eigenvalue weighted by atomic mass is 10.2. The third-order valence-electron chi connectivity index (χ3n) is 5.04. The smallest absolute Gasteiger partial charge is 0.332 e. The molecule has 0 bridgehead atoms. The molecule has 10 heteroatoms. The lowest BCUT2D eigenvalue weighted by Crippen LogP contribution is -2.23. The van der Waals surface area contributed by atoms with Crippen molar-refractivity contribution in [2.24, 2.45) is 0 Å². The molecule has 2 aromatic carbocycles. The quantitative estimate of drug-likeness (QED) is 0.398. The van der Waals surface area contributed by atoms with Gasteiger partial charge in [0.1, 0.15) is 17.9 Å². The number of aromatic amines is 1. The predicted octanol–water partition coefficient (Wildman–Crippen LogP) is 2.86. The van der Waals surface area contributed by atoms with Gasteiger partial charge in [0.2, 0.25) is 11.9 Å². The number of aromatic nitrogens is 4. The lowest BCUT2D eigenvalue weighted by molar-refractivity contribution is -0.116. The van der Waals surface area contributed by atoms with Crippen LogP contribution in [0.4, 0.5) is 17.3 Å². The number of rotatable bonds is 8. The monoisotopic (exact) mass is 448 g/mol. The highest BCUT2D eigenvalue weighted by Crippen LogP contribution is 2.22. The van der Waals surface area contributed by atoms with Crippen molar-refractivity contribution in [2.75, 3.05) is 37.6 Å². The number of amides is 1.